The summed E-state index contributed by atoms with van der Waals surface area (Å²) < 4.78 is 0. The third-order valence-electron chi connectivity index (χ3n) is 2.66. The fourth-order valence-corrected chi connectivity index (χ4v) is 2.91. The molecule has 0 aliphatic rings. The van der Waals surface area contributed by atoms with E-state index >= 15 is 0 Å². The molecule has 0 saturated heterocycles. The van der Waals surface area contributed by atoms with Gasteiger partial charge in [0.25, 0.3) is 0 Å². The molecule has 0 heterocycles. The highest BCUT2D eigenvalue weighted by Crippen LogP contribution is 2.16. The predicted molar refractivity (Wildman–Crippen MR) is 71.0 cm³/mol. The molecule has 1 unspecified atom stereocenters. The van der Waals surface area contributed by atoms with Crippen molar-refractivity contribution in [2.24, 2.45) is 0 Å². The van der Waals surface area contributed by atoms with E-state index in [0.717, 1.165) is 0 Å². The van der Waals surface area contributed by atoms with E-state index in [2.05, 4.69) is 13.8 Å². The molecule has 0 aromatic rings. The first kappa shape index (κ1) is 14.4. The van der Waals surface area contributed by atoms with Crippen LogP contribution in [0.15, 0.2) is 0 Å². The monoisotopic (exact) mass is 216 g/mol. The van der Waals surface area contributed by atoms with E-state index in [1.54, 1.807) is 0 Å². The molecule has 0 rings (SSSR count). The molecule has 0 aromatic heterocycles. The van der Waals surface area contributed by atoms with Crippen molar-refractivity contribution in [1.29, 1.82) is 0 Å². The lowest BCUT2D eigenvalue weighted by atomic mass is 10.1. The third-order valence-corrected chi connectivity index (χ3v) is 4.08. The van der Waals surface area contributed by atoms with Gasteiger partial charge in [-0.25, -0.2) is 0 Å². The number of hydrogen-bond donors (Lipinski definition) is 0. The molecule has 14 heavy (non-hydrogen) atoms. The Morgan fingerprint density at radius 1 is 0.571 bits per heavy atom. The van der Waals surface area contributed by atoms with Crippen LogP contribution in [0.5, 0.6) is 0 Å². The van der Waals surface area contributed by atoms with Crippen LogP contribution >= 0.6 is 8.58 Å². The molecule has 0 N–H and O–H groups in total. The lowest BCUT2D eigenvalue weighted by molar-refractivity contribution is 0.626. The van der Waals surface area contributed by atoms with Gasteiger partial charge in [-0.2, -0.15) is 0 Å². The molecule has 0 aromatic carbocycles. The van der Waals surface area contributed by atoms with Crippen LogP contribution in [0.3, 0.4) is 0 Å². The van der Waals surface area contributed by atoms with Crippen LogP contribution in [0.1, 0.15) is 71.6 Å². The summed E-state index contributed by atoms with van der Waals surface area (Å²) in [6, 6.07) is 0. The highest BCUT2D eigenvalue weighted by molar-refractivity contribution is 7.37. The molecule has 0 bridgehead atoms. The second-order valence-electron chi connectivity index (χ2n) is 4.22. The summed E-state index contributed by atoms with van der Waals surface area (Å²) in [5, 5.41) is 0. The largest absolute Gasteiger partial charge is 0.122 e. The quantitative estimate of drug-likeness (QED) is 0.328. The van der Waals surface area contributed by atoms with Crippen LogP contribution in [-0.2, 0) is 0 Å². The Hall–Kier alpha value is 0.430. The van der Waals surface area contributed by atoms with Crippen molar-refractivity contribution in [3.05, 3.63) is 0 Å². The lowest BCUT2D eigenvalue weighted by Gasteiger charge is -2.01. The van der Waals surface area contributed by atoms with E-state index in [9.17, 15) is 0 Å². The highest BCUT2D eigenvalue weighted by atomic mass is 31.1. The SMILES string of the molecule is CCCCCCCCPCCCCC. The van der Waals surface area contributed by atoms with Gasteiger partial charge in [0, 0.05) is 0 Å². The van der Waals surface area contributed by atoms with Crippen LogP contribution in [0.2, 0.25) is 0 Å². The average molecular weight is 216 g/mol. The molecule has 1 heteroatoms. The molecule has 86 valence electrons. The highest BCUT2D eigenvalue weighted by Gasteiger charge is 1.91. The van der Waals surface area contributed by atoms with Crippen molar-refractivity contribution < 1.29 is 0 Å². The van der Waals surface area contributed by atoms with Crippen LogP contribution in [0.4, 0.5) is 0 Å². The maximum atomic E-state index is 2.29. The predicted octanol–water partition coefficient (Wildman–Crippen LogP) is 5.22. The molecule has 1 atom stereocenters. The van der Waals surface area contributed by atoms with Gasteiger partial charge in [0.15, 0.2) is 0 Å². The second kappa shape index (κ2) is 13.4. The number of unbranched alkanes of at least 4 members (excludes halogenated alkanes) is 7. The average Bonchev–Trinajstić information content (AvgIpc) is 2.21. The fourth-order valence-electron chi connectivity index (χ4n) is 1.66. The van der Waals surface area contributed by atoms with E-state index in [1.165, 1.54) is 78.7 Å². The van der Waals surface area contributed by atoms with Gasteiger partial charge in [0.05, 0.1) is 0 Å². The molecule has 0 amide bonds. The van der Waals surface area contributed by atoms with Gasteiger partial charge >= 0.3 is 0 Å². The zero-order chi connectivity index (χ0) is 10.5. The van der Waals surface area contributed by atoms with Gasteiger partial charge in [0.2, 0.25) is 0 Å². The first-order valence-electron chi connectivity index (χ1n) is 6.62. The van der Waals surface area contributed by atoms with E-state index in [1.807, 2.05) is 0 Å². The molecule has 0 saturated carbocycles. The summed E-state index contributed by atoms with van der Waals surface area (Å²) in [7, 11) is 1.25. The Morgan fingerprint density at radius 3 is 1.64 bits per heavy atom. The summed E-state index contributed by atoms with van der Waals surface area (Å²) >= 11 is 0. The molecule has 0 aliphatic heterocycles. The van der Waals surface area contributed by atoms with Crippen LogP contribution < -0.4 is 0 Å². The fraction of sp³-hybridized carbons (Fsp3) is 1.00. The van der Waals surface area contributed by atoms with Gasteiger partial charge < -0.3 is 0 Å². The molecule has 0 aliphatic carbocycles. The van der Waals surface area contributed by atoms with E-state index in [0.29, 0.717) is 0 Å². The zero-order valence-electron chi connectivity index (χ0n) is 10.3. The molecular weight excluding hydrogens is 187 g/mol. The van der Waals surface area contributed by atoms with Gasteiger partial charge in [-0.15, -0.1) is 8.58 Å². The van der Waals surface area contributed by atoms with Gasteiger partial charge in [-0.1, -0.05) is 58.8 Å². The Bertz CT molecular complexity index is 79.2. The van der Waals surface area contributed by atoms with Gasteiger partial charge in [-0.05, 0) is 25.2 Å². The van der Waals surface area contributed by atoms with E-state index in [4.69, 9.17) is 0 Å². The lowest BCUT2D eigenvalue weighted by Crippen LogP contribution is -1.83. The van der Waals surface area contributed by atoms with Gasteiger partial charge in [-0.3, -0.25) is 0 Å². The van der Waals surface area contributed by atoms with Crippen molar-refractivity contribution in [3.63, 3.8) is 0 Å². The second-order valence-corrected chi connectivity index (χ2v) is 5.72. The Morgan fingerprint density at radius 2 is 1.00 bits per heavy atom. The first-order valence-corrected chi connectivity index (χ1v) is 8.04. The zero-order valence-corrected chi connectivity index (χ0v) is 11.3. The number of hydrogen-bond acceptors (Lipinski definition) is 0. The van der Waals surface area contributed by atoms with Crippen molar-refractivity contribution in [2.75, 3.05) is 12.3 Å². The van der Waals surface area contributed by atoms with Crippen LogP contribution in [0, 0.1) is 0 Å². The number of rotatable bonds is 11. The molecule has 0 spiro atoms. The Balaban J connectivity index is 2.78. The topological polar surface area (TPSA) is 0 Å². The van der Waals surface area contributed by atoms with E-state index in [-0.39, 0.29) is 0 Å². The van der Waals surface area contributed by atoms with Crippen molar-refractivity contribution in [3.8, 4) is 0 Å². The summed E-state index contributed by atoms with van der Waals surface area (Å²) in [5.41, 5.74) is 0. The van der Waals surface area contributed by atoms with Crippen molar-refractivity contribution in [2.45, 2.75) is 71.6 Å². The first-order chi connectivity index (χ1) is 6.91. The maximum absolute atomic E-state index is 2.29. The summed E-state index contributed by atoms with van der Waals surface area (Å²) in [4.78, 5) is 0. The van der Waals surface area contributed by atoms with Crippen molar-refractivity contribution >= 4 is 8.58 Å². The minimum Gasteiger partial charge on any atom is -0.122 e. The molecular formula is C13H29P. The van der Waals surface area contributed by atoms with Crippen LogP contribution in [0.25, 0.3) is 0 Å². The smallest absolute Gasteiger partial charge is 0.0353 e. The Kier molecular flexibility index (Phi) is 13.8. The summed E-state index contributed by atoms with van der Waals surface area (Å²) in [6.45, 7) is 4.58. The van der Waals surface area contributed by atoms with E-state index < -0.39 is 0 Å². The normalized spacial score (nSPS) is 11.6. The summed E-state index contributed by atoms with van der Waals surface area (Å²) in [5.74, 6) is 0. The minimum absolute atomic E-state index is 1.25. The molecule has 0 radical (unpaired) electrons. The molecule has 0 nitrogen and oxygen atoms in total. The molecule has 0 fully saturated rings. The standard InChI is InChI=1S/C13H29P/c1-3-5-7-8-9-11-13-14-12-10-6-4-2/h14H,3-13H2,1-2H3. The van der Waals surface area contributed by atoms with Gasteiger partial charge in [0.1, 0.15) is 0 Å². The van der Waals surface area contributed by atoms with Crippen LogP contribution in [-0.4, -0.2) is 12.3 Å². The minimum atomic E-state index is 1.25. The third kappa shape index (κ3) is 12.4. The maximum Gasteiger partial charge on any atom is -0.0353 e. The Labute approximate surface area is 93.0 Å². The van der Waals surface area contributed by atoms with Crippen molar-refractivity contribution in [1.82, 2.24) is 0 Å². The summed E-state index contributed by atoms with van der Waals surface area (Å²) in [6.07, 6.45) is 16.1.